The Morgan fingerprint density at radius 2 is 2.25 bits per heavy atom. The summed E-state index contributed by atoms with van der Waals surface area (Å²) < 4.78 is 2.60. The fourth-order valence-corrected chi connectivity index (χ4v) is 3.03. The molecule has 0 amide bonds. The van der Waals surface area contributed by atoms with Gasteiger partial charge in [-0.05, 0) is 0 Å². The first kappa shape index (κ1) is 9.76. The molecular weight excluding hydrogens is 213 g/mol. The summed E-state index contributed by atoms with van der Waals surface area (Å²) in [7, 11) is 0. The van der Waals surface area contributed by atoms with Gasteiger partial charge in [0.15, 0.2) is 0 Å². The van der Waals surface area contributed by atoms with E-state index in [9.17, 15) is 0 Å². The van der Waals surface area contributed by atoms with Gasteiger partial charge in [-0.2, -0.15) is 0 Å². The van der Waals surface area contributed by atoms with Gasteiger partial charge in [0.05, 0.1) is 0 Å². The van der Waals surface area contributed by atoms with Crippen LogP contribution in [0, 0.1) is 0 Å². The van der Waals surface area contributed by atoms with Crippen LogP contribution in [0.25, 0.3) is 0 Å². The number of hydrogen-bond donors (Lipinski definition) is 0. The molecule has 0 aliphatic carbocycles. The van der Waals surface area contributed by atoms with Crippen molar-refractivity contribution < 1.29 is 0 Å². The second-order valence-corrected chi connectivity index (χ2v) is 5.11. The van der Waals surface area contributed by atoms with E-state index < -0.39 is 0 Å². The maximum atomic E-state index is 4.50. The second kappa shape index (κ2) is 4.64. The first-order valence-corrected chi connectivity index (χ1v) is 6.11. The van der Waals surface area contributed by atoms with Gasteiger partial charge in [0, 0.05) is 0 Å². The Labute approximate surface area is 80.8 Å². The maximum absolute atomic E-state index is 4.50. The molecule has 0 radical (unpaired) electrons. The molecule has 0 aromatic heterocycles. The Morgan fingerprint density at radius 1 is 1.50 bits per heavy atom. The molecule has 0 spiro atoms. The summed E-state index contributed by atoms with van der Waals surface area (Å²) in [6.07, 6.45) is 4.46. The predicted octanol–water partition coefficient (Wildman–Crippen LogP) is 2.36. The van der Waals surface area contributed by atoms with Gasteiger partial charge in [0.25, 0.3) is 0 Å². The van der Waals surface area contributed by atoms with Crippen LogP contribution in [-0.4, -0.2) is 26.1 Å². The van der Waals surface area contributed by atoms with E-state index in [4.69, 9.17) is 0 Å². The summed E-state index contributed by atoms with van der Waals surface area (Å²) in [6, 6.07) is 0. The third-order valence-electron chi connectivity index (χ3n) is 1.76. The molecule has 1 aliphatic heterocycles. The Balaban J connectivity index is 2.63. The van der Waals surface area contributed by atoms with E-state index in [1.807, 2.05) is 0 Å². The average Bonchev–Trinajstić information content (AvgIpc) is 2.43. The van der Waals surface area contributed by atoms with Gasteiger partial charge < -0.3 is 0 Å². The fraction of sp³-hybridized carbons (Fsp3) is 0.500. The van der Waals surface area contributed by atoms with E-state index in [0.717, 1.165) is 19.4 Å². The van der Waals surface area contributed by atoms with Crippen molar-refractivity contribution in [2.75, 3.05) is 6.54 Å². The van der Waals surface area contributed by atoms with E-state index >= 15 is 0 Å². The zero-order valence-corrected chi connectivity index (χ0v) is 9.47. The third-order valence-corrected chi connectivity index (χ3v) is 3.78. The topological polar surface area (TPSA) is 12.4 Å². The summed E-state index contributed by atoms with van der Waals surface area (Å²) in [5.74, 6) is 0. The fourth-order valence-electron chi connectivity index (χ4n) is 1.05. The normalized spacial score (nSPS) is 20.3. The van der Waals surface area contributed by atoms with Crippen LogP contribution in [0.1, 0.15) is 26.7 Å². The van der Waals surface area contributed by atoms with Crippen molar-refractivity contribution in [3.05, 3.63) is 22.7 Å². The number of allylic oxidation sites excluding steroid dienone is 3. The van der Waals surface area contributed by atoms with Gasteiger partial charge in [-0.1, -0.05) is 0 Å². The van der Waals surface area contributed by atoms with Crippen LogP contribution in [0.15, 0.2) is 27.7 Å². The van der Waals surface area contributed by atoms with Crippen molar-refractivity contribution in [3.8, 4) is 0 Å². The minimum atomic E-state index is 0.431. The molecule has 0 saturated heterocycles. The molecule has 0 atom stereocenters. The van der Waals surface area contributed by atoms with Crippen LogP contribution in [0.3, 0.4) is 0 Å². The minimum absolute atomic E-state index is 0.431. The van der Waals surface area contributed by atoms with Crippen molar-refractivity contribution in [2.45, 2.75) is 26.7 Å². The van der Waals surface area contributed by atoms with Crippen LogP contribution >= 0.6 is 0 Å². The summed E-state index contributed by atoms with van der Waals surface area (Å²) in [5.41, 5.74) is 1.41. The summed E-state index contributed by atoms with van der Waals surface area (Å²) in [4.78, 5) is 4.50. The molecule has 0 bridgehead atoms. The van der Waals surface area contributed by atoms with Gasteiger partial charge in [-0.3, -0.25) is 0 Å². The summed E-state index contributed by atoms with van der Waals surface area (Å²) >= 11 is 0.431. The zero-order valence-electron chi connectivity index (χ0n) is 7.76. The summed E-state index contributed by atoms with van der Waals surface area (Å²) in [5, 5.41) is 0. The van der Waals surface area contributed by atoms with Crippen molar-refractivity contribution in [3.63, 3.8) is 0 Å². The monoisotopic (exact) mass is 229 g/mol. The van der Waals surface area contributed by atoms with Crippen LogP contribution in [0.4, 0.5) is 0 Å². The van der Waals surface area contributed by atoms with E-state index in [-0.39, 0.29) is 0 Å². The molecule has 0 saturated carbocycles. The molecule has 66 valence electrons. The van der Waals surface area contributed by atoms with E-state index in [1.54, 1.807) is 0 Å². The SMILES string of the molecule is C=C1[Se]C(=NCCC)C=C1CC. The molecule has 1 nitrogen and oxygen atoms in total. The van der Waals surface area contributed by atoms with Crippen molar-refractivity contribution in [2.24, 2.45) is 4.99 Å². The Kier molecular flexibility index (Phi) is 3.77. The first-order chi connectivity index (χ1) is 5.77. The molecule has 1 heterocycles. The van der Waals surface area contributed by atoms with Crippen molar-refractivity contribution in [1.29, 1.82) is 0 Å². The number of rotatable bonds is 3. The predicted molar refractivity (Wildman–Crippen MR) is 55.9 cm³/mol. The van der Waals surface area contributed by atoms with E-state index in [2.05, 4.69) is 31.5 Å². The van der Waals surface area contributed by atoms with Crippen LogP contribution in [0.2, 0.25) is 0 Å². The molecular formula is C10H15NSe. The molecule has 0 aromatic carbocycles. The van der Waals surface area contributed by atoms with E-state index in [0.29, 0.717) is 15.0 Å². The number of nitrogens with zero attached hydrogens (tertiary/aromatic N) is 1. The molecule has 1 rings (SSSR count). The van der Waals surface area contributed by atoms with Gasteiger partial charge >= 0.3 is 80.5 Å². The molecule has 0 fully saturated rings. The van der Waals surface area contributed by atoms with Gasteiger partial charge in [0.2, 0.25) is 0 Å². The molecule has 0 N–H and O–H groups in total. The molecule has 0 unspecified atom stereocenters. The Morgan fingerprint density at radius 3 is 2.75 bits per heavy atom. The van der Waals surface area contributed by atoms with Crippen molar-refractivity contribution >= 4 is 19.6 Å². The number of hydrogen-bond acceptors (Lipinski definition) is 1. The van der Waals surface area contributed by atoms with Crippen LogP contribution in [0.5, 0.6) is 0 Å². The molecule has 12 heavy (non-hydrogen) atoms. The third kappa shape index (κ3) is 2.33. The quantitative estimate of drug-likeness (QED) is 0.657. The van der Waals surface area contributed by atoms with Gasteiger partial charge in [-0.25, -0.2) is 0 Å². The average molecular weight is 228 g/mol. The Hall–Kier alpha value is -0.331. The molecule has 1 aliphatic rings. The Bertz CT molecular complexity index is 238. The van der Waals surface area contributed by atoms with Crippen LogP contribution < -0.4 is 0 Å². The van der Waals surface area contributed by atoms with Gasteiger partial charge in [0.1, 0.15) is 0 Å². The van der Waals surface area contributed by atoms with Crippen molar-refractivity contribution in [1.82, 2.24) is 0 Å². The first-order valence-electron chi connectivity index (χ1n) is 4.40. The molecule has 2 heteroatoms. The standard InChI is InChI=1S/C10H15NSe/c1-4-6-11-10-7-9(5-2)8(3)12-10/h7H,3-6H2,1-2H3. The van der Waals surface area contributed by atoms with Gasteiger partial charge in [-0.15, -0.1) is 0 Å². The van der Waals surface area contributed by atoms with E-state index in [1.165, 1.54) is 14.7 Å². The molecule has 0 aromatic rings. The second-order valence-electron chi connectivity index (χ2n) is 2.77. The van der Waals surface area contributed by atoms with Crippen LogP contribution in [-0.2, 0) is 0 Å². The summed E-state index contributed by atoms with van der Waals surface area (Å²) in [6.45, 7) is 9.35. The zero-order chi connectivity index (χ0) is 8.97. The number of aliphatic imine (C=N–C) groups is 1.